The van der Waals surface area contributed by atoms with Crippen molar-refractivity contribution in [1.82, 2.24) is 0 Å². The van der Waals surface area contributed by atoms with Crippen molar-refractivity contribution in [2.45, 2.75) is 31.6 Å². The highest BCUT2D eigenvalue weighted by molar-refractivity contribution is 6.01. The lowest BCUT2D eigenvalue weighted by atomic mass is 9.66. The Balaban J connectivity index is 1.11. The highest BCUT2D eigenvalue weighted by Gasteiger charge is 2.49. The quantitative estimate of drug-likeness (QED) is 0.113. The van der Waals surface area contributed by atoms with E-state index < -0.39 is 5.41 Å². The standard InChI is InChI=1S/C75H58N2/c1-4-59(34-22-20-28-53-26-10-5-11-27-53)77(61-37-18-9-19-38-61)71-52-63(76(60-35-16-8-17-36-60)62-46-42-55(43-47-62)54-29-12-6-13-30-54)51-70-72(71)67-40-24-25-41-68(67)75(70,57-32-14-7-15-33-57)58-45-49-65-66-48-44-56-31-21-23-39-64(56)73(66)74(2,3)69(65)50-58/h4-52H,1-3H3/b28-20?,34-22-,59-4+. The van der Waals surface area contributed by atoms with Gasteiger partial charge in [0.05, 0.1) is 11.1 Å². The largest absolute Gasteiger partial charge is 0.310 e. The van der Waals surface area contributed by atoms with Gasteiger partial charge in [0.25, 0.3) is 0 Å². The zero-order valence-corrected chi connectivity index (χ0v) is 43.7. The Labute approximate surface area is 453 Å². The van der Waals surface area contributed by atoms with Crippen LogP contribution in [0.15, 0.2) is 297 Å². The van der Waals surface area contributed by atoms with Gasteiger partial charge >= 0.3 is 0 Å². The second-order valence-electron chi connectivity index (χ2n) is 20.7. The van der Waals surface area contributed by atoms with Gasteiger partial charge in [-0.2, -0.15) is 0 Å². The monoisotopic (exact) mass is 986 g/mol. The Bertz CT molecular complexity index is 4040. The molecule has 0 heterocycles. The molecule has 1 atom stereocenters. The highest BCUT2D eigenvalue weighted by atomic mass is 15.2. The number of hydrogen-bond donors (Lipinski definition) is 0. The van der Waals surface area contributed by atoms with Crippen LogP contribution in [0.2, 0.25) is 0 Å². The van der Waals surface area contributed by atoms with Crippen LogP contribution in [0, 0.1) is 0 Å². The molecule has 2 aliphatic rings. The lowest BCUT2D eigenvalue weighted by molar-refractivity contribution is 0.661. The van der Waals surface area contributed by atoms with Gasteiger partial charge in [0.1, 0.15) is 0 Å². The van der Waals surface area contributed by atoms with Crippen LogP contribution in [-0.2, 0) is 10.8 Å². The van der Waals surface area contributed by atoms with Gasteiger partial charge in [-0.1, -0.05) is 257 Å². The summed E-state index contributed by atoms with van der Waals surface area (Å²) in [5.74, 6) is 0. The molecule has 0 aliphatic heterocycles. The van der Waals surface area contributed by atoms with Crippen molar-refractivity contribution in [3.05, 3.63) is 336 Å². The van der Waals surface area contributed by atoms with Crippen LogP contribution >= 0.6 is 0 Å². The third-order valence-corrected chi connectivity index (χ3v) is 16.1. The number of anilines is 5. The second-order valence-corrected chi connectivity index (χ2v) is 20.7. The topological polar surface area (TPSA) is 6.48 Å². The summed E-state index contributed by atoms with van der Waals surface area (Å²) < 4.78 is 0. The molecule has 77 heavy (non-hydrogen) atoms. The number of hydrogen-bond acceptors (Lipinski definition) is 2. The van der Waals surface area contributed by atoms with Crippen LogP contribution in [0.1, 0.15) is 59.7 Å². The SMILES string of the molecule is C/C=C(\C=C/C=Cc1ccccc1)N(c1ccccc1)c1cc(N(c2ccccc2)c2ccc(-c3ccccc3)cc2)cc2c1-c1ccccc1C2(c1ccccc1)c1ccc2c(c1)C(C)(C)c1c-2ccc2ccccc12. The fourth-order valence-electron chi connectivity index (χ4n) is 12.6. The Hall–Kier alpha value is -9.50. The first kappa shape index (κ1) is 47.2. The van der Waals surface area contributed by atoms with Crippen LogP contribution in [-0.4, -0.2) is 0 Å². The molecule has 0 bridgehead atoms. The molecular weight excluding hydrogens is 929 g/mol. The van der Waals surface area contributed by atoms with Crippen molar-refractivity contribution in [3.8, 4) is 33.4 Å². The minimum atomic E-state index is -0.744. The van der Waals surface area contributed by atoms with Gasteiger partial charge in [0.15, 0.2) is 0 Å². The molecule has 0 saturated heterocycles. The number of para-hydroxylation sites is 2. The van der Waals surface area contributed by atoms with Crippen LogP contribution in [0.3, 0.4) is 0 Å². The highest BCUT2D eigenvalue weighted by Crippen LogP contribution is 2.62. The van der Waals surface area contributed by atoms with Crippen LogP contribution in [0.25, 0.3) is 50.2 Å². The minimum Gasteiger partial charge on any atom is -0.310 e. The summed E-state index contributed by atoms with van der Waals surface area (Å²) in [4.78, 5) is 4.92. The fourth-order valence-corrected chi connectivity index (χ4v) is 12.6. The molecule has 0 radical (unpaired) electrons. The van der Waals surface area contributed by atoms with E-state index in [1.807, 2.05) is 0 Å². The predicted octanol–water partition coefficient (Wildman–Crippen LogP) is 20.0. The van der Waals surface area contributed by atoms with E-state index in [-0.39, 0.29) is 5.41 Å². The van der Waals surface area contributed by atoms with Gasteiger partial charge in [-0.15, -0.1) is 0 Å². The van der Waals surface area contributed by atoms with Crippen LogP contribution < -0.4 is 9.80 Å². The van der Waals surface area contributed by atoms with Gasteiger partial charge < -0.3 is 9.80 Å². The van der Waals surface area contributed by atoms with Crippen molar-refractivity contribution < 1.29 is 0 Å². The molecule has 13 rings (SSSR count). The van der Waals surface area contributed by atoms with Gasteiger partial charge in [-0.05, 0) is 139 Å². The van der Waals surface area contributed by atoms with E-state index in [2.05, 4.69) is 328 Å². The maximum absolute atomic E-state index is 2.57. The second kappa shape index (κ2) is 19.6. The smallest absolute Gasteiger partial charge is 0.0715 e. The van der Waals surface area contributed by atoms with Crippen molar-refractivity contribution >= 4 is 45.3 Å². The van der Waals surface area contributed by atoms with Crippen LogP contribution in [0.4, 0.5) is 28.4 Å². The predicted molar refractivity (Wildman–Crippen MR) is 326 cm³/mol. The van der Waals surface area contributed by atoms with Gasteiger partial charge in [-0.3, -0.25) is 0 Å². The van der Waals surface area contributed by atoms with Crippen molar-refractivity contribution in [2.75, 3.05) is 9.80 Å². The number of nitrogens with zero attached hydrogens (tertiary/aromatic N) is 2. The molecule has 0 spiro atoms. The Morgan fingerprint density at radius 3 is 1.74 bits per heavy atom. The molecular formula is C75H58N2. The maximum atomic E-state index is 2.57. The molecule has 11 aromatic rings. The van der Waals surface area contributed by atoms with Crippen molar-refractivity contribution in [2.24, 2.45) is 0 Å². The Morgan fingerprint density at radius 1 is 0.416 bits per heavy atom. The lowest BCUT2D eigenvalue weighted by Crippen LogP contribution is -2.30. The number of allylic oxidation sites excluding steroid dienone is 4. The Morgan fingerprint density at radius 2 is 1.01 bits per heavy atom. The first-order valence-corrected chi connectivity index (χ1v) is 26.9. The number of benzene rings is 11. The summed E-state index contributed by atoms with van der Waals surface area (Å²) in [6.45, 7) is 7.01. The lowest BCUT2D eigenvalue weighted by Gasteiger charge is -2.37. The van der Waals surface area contributed by atoms with E-state index in [0.717, 1.165) is 39.7 Å². The summed E-state index contributed by atoms with van der Waals surface area (Å²) in [6.07, 6.45) is 11.0. The summed E-state index contributed by atoms with van der Waals surface area (Å²) in [7, 11) is 0. The van der Waals surface area contributed by atoms with E-state index in [1.54, 1.807) is 0 Å². The average molecular weight is 987 g/mol. The molecule has 2 aliphatic carbocycles. The third-order valence-electron chi connectivity index (χ3n) is 16.1. The third kappa shape index (κ3) is 8.04. The molecule has 0 fully saturated rings. The first-order valence-electron chi connectivity index (χ1n) is 26.9. The summed E-state index contributed by atoms with van der Waals surface area (Å²) >= 11 is 0. The molecule has 2 heteroatoms. The van der Waals surface area contributed by atoms with E-state index in [1.165, 1.54) is 77.5 Å². The molecule has 1 unspecified atom stereocenters. The minimum absolute atomic E-state index is 0.268. The van der Waals surface area contributed by atoms with Crippen molar-refractivity contribution in [1.29, 1.82) is 0 Å². The van der Waals surface area contributed by atoms with E-state index in [9.17, 15) is 0 Å². The zero-order valence-electron chi connectivity index (χ0n) is 43.7. The van der Waals surface area contributed by atoms with Crippen molar-refractivity contribution in [3.63, 3.8) is 0 Å². The molecule has 0 N–H and O–H groups in total. The Kier molecular flexibility index (Phi) is 12.1. The summed E-state index contributed by atoms with van der Waals surface area (Å²) in [5.41, 5.74) is 21.6. The molecule has 0 saturated carbocycles. The number of fused-ring (bicyclic) bond motifs is 8. The molecule has 11 aromatic carbocycles. The van der Waals surface area contributed by atoms with E-state index in [4.69, 9.17) is 0 Å². The molecule has 2 nitrogen and oxygen atoms in total. The maximum Gasteiger partial charge on any atom is 0.0715 e. The molecule has 0 amide bonds. The van der Waals surface area contributed by atoms with Crippen LogP contribution in [0.5, 0.6) is 0 Å². The zero-order chi connectivity index (χ0) is 51.9. The van der Waals surface area contributed by atoms with Gasteiger partial charge in [0, 0.05) is 39.4 Å². The summed E-state index contributed by atoms with van der Waals surface area (Å²) in [5, 5.41) is 2.59. The van der Waals surface area contributed by atoms with Gasteiger partial charge in [-0.25, -0.2) is 0 Å². The molecule has 368 valence electrons. The average Bonchev–Trinajstić information content (AvgIpc) is 4.12. The molecule has 0 aromatic heterocycles. The van der Waals surface area contributed by atoms with Gasteiger partial charge in [0.2, 0.25) is 0 Å². The normalized spacial score (nSPS) is 15.1. The summed E-state index contributed by atoms with van der Waals surface area (Å²) in [6, 6.07) is 98.4. The van der Waals surface area contributed by atoms with E-state index >= 15 is 0 Å². The number of rotatable bonds is 12. The fraction of sp³-hybridized carbons (Fsp3) is 0.0667. The van der Waals surface area contributed by atoms with E-state index in [0.29, 0.717) is 0 Å². The first-order chi connectivity index (χ1) is 37.9.